The predicted octanol–water partition coefficient (Wildman–Crippen LogP) is 6.63. The molecule has 0 atom stereocenters. The maximum atomic E-state index is 13.5. The molecule has 0 aromatic heterocycles. The average Bonchev–Trinajstić information content (AvgIpc) is 2.47. The lowest BCUT2D eigenvalue weighted by Gasteiger charge is -2.28. The van der Waals surface area contributed by atoms with Crippen molar-refractivity contribution in [3.63, 3.8) is 0 Å². The molecular weight excluding hydrogens is 292 g/mol. The number of rotatable bonds is 4. The van der Waals surface area contributed by atoms with Crippen molar-refractivity contribution >= 4 is 5.83 Å². The van der Waals surface area contributed by atoms with Crippen molar-refractivity contribution in [2.45, 2.75) is 57.5 Å². The summed E-state index contributed by atoms with van der Waals surface area (Å²) in [4.78, 5) is 0. The highest BCUT2D eigenvalue weighted by Crippen LogP contribution is 2.37. The smallest absolute Gasteiger partial charge is 0.206 e. The predicted molar refractivity (Wildman–Crippen MR) is 81.2 cm³/mol. The molecule has 0 radical (unpaired) electrons. The summed E-state index contributed by atoms with van der Waals surface area (Å²) >= 11 is 0. The molecule has 0 heterocycles. The molecule has 2 rings (SSSR count). The van der Waals surface area contributed by atoms with Gasteiger partial charge in [-0.15, -0.1) is 0 Å². The van der Waals surface area contributed by atoms with Crippen molar-refractivity contribution in [2.24, 2.45) is 5.92 Å². The minimum Gasteiger partial charge on any atom is -0.206 e. The molecule has 0 bridgehead atoms. The summed E-state index contributed by atoms with van der Waals surface area (Å²) in [5.74, 6) is 0.0372. The fourth-order valence-corrected chi connectivity index (χ4v) is 3.33. The molecule has 4 heteroatoms. The first-order chi connectivity index (χ1) is 10.4. The van der Waals surface area contributed by atoms with E-state index in [2.05, 4.69) is 6.92 Å². The van der Waals surface area contributed by atoms with Crippen LogP contribution in [0.25, 0.3) is 5.83 Å². The van der Waals surface area contributed by atoms with Gasteiger partial charge in [0.1, 0.15) is 5.83 Å². The third-order valence-corrected chi connectivity index (χ3v) is 4.49. The van der Waals surface area contributed by atoms with Gasteiger partial charge in [-0.1, -0.05) is 44.0 Å². The molecule has 0 spiro atoms. The third-order valence-electron chi connectivity index (χ3n) is 4.49. The molecule has 1 saturated carbocycles. The molecular formula is C18H22F4. The lowest BCUT2D eigenvalue weighted by molar-refractivity contribution is -0.0798. The van der Waals surface area contributed by atoms with Gasteiger partial charge in [-0.05, 0) is 43.1 Å². The molecule has 0 unspecified atom stereocenters. The molecule has 0 nitrogen and oxygen atoms in total. The second-order valence-electron chi connectivity index (χ2n) is 6.16. The van der Waals surface area contributed by atoms with E-state index in [0.717, 1.165) is 24.3 Å². The first kappa shape index (κ1) is 17.0. The van der Waals surface area contributed by atoms with Crippen LogP contribution >= 0.6 is 0 Å². The highest BCUT2D eigenvalue weighted by molar-refractivity contribution is 5.59. The molecule has 0 saturated heterocycles. The van der Waals surface area contributed by atoms with Gasteiger partial charge < -0.3 is 0 Å². The Bertz CT molecular complexity index is 491. The molecule has 22 heavy (non-hydrogen) atoms. The van der Waals surface area contributed by atoms with Gasteiger partial charge in [-0.2, -0.15) is 13.2 Å². The van der Waals surface area contributed by atoms with Crippen LogP contribution in [-0.4, -0.2) is 6.18 Å². The quantitative estimate of drug-likeness (QED) is 0.547. The molecule has 1 aliphatic rings. The molecule has 1 aliphatic carbocycles. The summed E-state index contributed by atoms with van der Waals surface area (Å²) in [6, 6.07) is 6.43. The van der Waals surface area contributed by atoms with Gasteiger partial charge in [-0.25, -0.2) is 4.39 Å². The van der Waals surface area contributed by atoms with E-state index in [4.69, 9.17) is 0 Å². The van der Waals surface area contributed by atoms with Crippen LogP contribution < -0.4 is 0 Å². The van der Waals surface area contributed by atoms with Crippen molar-refractivity contribution in [2.75, 3.05) is 0 Å². The van der Waals surface area contributed by atoms with Crippen molar-refractivity contribution in [3.8, 4) is 0 Å². The average molecular weight is 314 g/mol. The molecule has 1 aromatic carbocycles. The van der Waals surface area contributed by atoms with Crippen LogP contribution in [0.4, 0.5) is 17.6 Å². The second kappa shape index (κ2) is 7.30. The number of hydrogen-bond acceptors (Lipinski definition) is 0. The zero-order chi connectivity index (χ0) is 16.2. The Labute approximate surface area is 129 Å². The minimum absolute atomic E-state index is 0.0132. The number of halogens is 4. The fraction of sp³-hybridized carbons (Fsp3) is 0.556. The Balaban J connectivity index is 2.00. The van der Waals surface area contributed by atoms with E-state index in [1.165, 1.54) is 37.8 Å². The number of hydrogen-bond donors (Lipinski definition) is 0. The van der Waals surface area contributed by atoms with Crippen LogP contribution in [0.3, 0.4) is 0 Å². The van der Waals surface area contributed by atoms with E-state index in [1.54, 1.807) is 12.1 Å². The zero-order valence-corrected chi connectivity index (χ0v) is 12.8. The Morgan fingerprint density at radius 2 is 1.68 bits per heavy atom. The Morgan fingerprint density at radius 3 is 2.18 bits per heavy atom. The fourth-order valence-electron chi connectivity index (χ4n) is 3.33. The zero-order valence-electron chi connectivity index (χ0n) is 12.8. The lowest BCUT2D eigenvalue weighted by Crippen LogP contribution is -2.13. The minimum atomic E-state index is -4.62. The van der Waals surface area contributed by atoms with Crippen molar-refractivity contribution in [1.82, 2.24) is 0 Å². The van der Waals surface area contributed by atoms with Crippen LogP contribution in [-0.2, 0) is 0 Å². The summed E-state index contributed by atoms with van der Waals surface area (Å²) in [6.07, 6.45) is 2.23. The van der Waals surface area contributed by atoms with E-state index >= 15 is 0 Å². The number of alkyl halides is 3. The highest BCUT2D eigenvalue weighted by atomic mass is 19.4. The molecule has 1 aromatic rings. The first-order valence-corrected chi connectivity index (χ1v) is 7.94. The number of allylic oxidation sites excluding steroid dienone is 1. The van der Waals surface area contributed by atoms with Gasteiger partial charge in [0.05, 0.1) is 6.08 Å². The maximum Gasteiger partial charge on any atom is 0.412 e. The SMILES string of the molecule is CCCC1CCC(c2ccc(C(F)=CC(F)(F)F)cc2)CC1. The maximum absolute atomic E-state index is 13.5. The summed E-state index contributed by atoms with van der Waals surface area (Å²) < 4.78 is 49.9. The normalized spacial score (nSPS) is 23.6. The number of benzene rings is 1. The standard InChI is InChI=1S/C18H22F4/c1-2-3-13-4-6-14(7-5-13)15-8-10-16(11-9-15)17(19)12-18(20,21)22/h8-14H,2-7H2,1H3. The van der Waals surface area contributed by atoms with Crippen LogP contribution in [0.5, 0.6) is 0 Å². The van der Waals surface area contributed by atoms with Gasteiger partial charge in [0.2, 0.25) is 0 Å². The van der Waals surface area contributed by atoms with Gasteiger partial charge >= 0.3 is 6.18 Å². The Hall–Kier alpha value is -1.32. The summed E-state index contributed by atoms with van der Waals surface area (Å²) in [5.41, 5.74) is 1.10. The molecule has 0 amide bonds. The summed E-state index contributed by atoms with van der Waals surface area (Å²) in [6.45, 7) is 2.20. The van der Waals surface area contributed by atoms with Gasteiger partial charge in [0, 0.05) is 5.56 Å². The topological polar surface area (TPSA) is 0 Å². The van der Waals surface area contributed by atoms with E-state index in [-0.39, 0.29) is 11.6 Å². The Kier molecular flexibility index (Phi) is 5.65. The van der Waals surface area contributed by atoms with E-state index in [0.29, 0.717) is 5.92 Å². The van der Waals surface area contributed by atoms with Crippen molar-refractivity contribution in [1.29, 1.82) is 0 Å². The van der Waals surface area contributed by atoms with E-state index in [1.807, 2.05) is 0 Å². The van der Waals surface area contributed by atoms with Crippen molar-refractivity contribution < 1.29 is 17.6 Å². The third kappa shape index (κ3) is 4.85. The van der Waals surface area contributed by atoms with Crippen molar-refractivity contribution in [3.05, 3.63) is 41.5 Å². The molecule has 122 valence electrons. The van der Waals surface area contributed by atoms with Gasteiger partial charge in [0.25, 0.3) is 0 Å². The highest BCUT2D eigenvalue weighted by Gasteiger charge is 2.26. The first-order valence-electron chi connectivity index (χ1n) is 7.94. The van der Waals surface area contributed by atoms with E-state index in [9.17, 15) is 17.6 Å². The molecule has 0 aliphatic heterocycles. The summed E-state index contributed by atoms with van der Waals surface area (Å²) in [7, 11) is 0. The van der Waals surface area contributed by atoms with Crippen LogP contribution in [0.15, 0.2) is 30.3 Å². The Morgan fingerprint density at radius 1 is 1.09 bits per heavy atom. The summed E-state index contributed by atoms with van der Waals surface area (Å²) in [5, 5.41) is 0. The van der Waals surface area contributed by atoms with Crippen LogP contribution in [0.2, 0.25) is 0 Å². The molecule has 0 N–H and O–H groups in total. The van der Waals surface area contributed by atoms with Crippen LogP contribution in [0.1, 0.15) is 62.5 Å². The monoisotopic (exact) mass is 314 g/mol. The molecule has 1 fully saturated rings. The van der Waals surface area contributed by atoms with Gasteiger partial charge in [0.15, 0.2) is 0 Å². The lowest BCUT2D eigenvalue weighted by atomic mass is 9.77. The van der Waals surface area contributed by atoms with Crippen LogP contribution in [0, 0.1) is 5.92 Å². The largest absolute Gasteiger partial charge is 0.412 e. The second-order valence-corrected chi connectivity index (χ2v) is 6.16. The van der Waals surface area contributed by atoms with E-state index < -0.39 is 12.0 Å². The van der Waals surface area contributed by atoms with Gasteiger partial charge in [-0.3, -0.25) is 0 Å².